The lowest BCUT2D eigenvalue weighted by Crippen LogP contribution is -2.61. The number of anilines is 2. The Kier molecular flexibility index (Phi) is 6.24. The molecule has 11 heteroatoms. The first-order valence-electron chi connectivity index (χ1n) is 11.2. The molecule has 3 heterocycles. The predicted molar refractivity (Wildman–Crippen MR) is 121 cm³/mol. The van der Waals surface area contributed by atoms with Crippen LogP contribution in [0.5, 0.6) is 5.88 Å². The van der Waals surface area contributed by atoms with Gasteiger partial charge in [-0.15, -0.1) is 11.8 Å². The van der Waals surface area contributed by atoms with E-state index >= 15 is 4.39 Å². The zero-order valence-electron chi connectivity index (χ0n) is 18.9. The van der Waals surface area contributed by atoms with E-state index in [-0.39, 0.29) is 47.3 Å². The quantitative estimate of drug-likeness (QED) is 0.589. The lowest BCUT2D eigenvalue weighted by Gasteiger charge is -2.47. The third-order valence-corrected chi connectivity index (χ3v) is 7.17. The van der Waals surface area contributed by atoms with Gasteiger partial charge in [-0.25, -0.2) is 14.2 Å². The van der Waals surface area contributed by atoms with Gasteiger partial charge in [0.25, 0.3) is 5.88 Å². The van der Waals surface area contributed by atoms with E-state index in [0.29, 0.717) is 26.1 Å². The van der Waals surface area contributed by atoms with E-state index in [0.717, 1.165) is 17.7 Å². The molecule has 2 unspecified atom stereocenters. The number of fused-ring (bicyclic) bond motifs is 2. The first-order valence-corrected chi connectivity index (χ1v) is 12.4. The van der Waals surface area contributed by atoms with Crippen LogP contribution in [0.3, 0.4) is 0 Å². The van der Waals surface area contributed by atoms with Crippen LogP contribution in [0.15, 0.2) is 29.4 Å². The molecule has 0 spiro atoms. The van der Waals surface area contributed by atoms with Crippen molar-refractivity contribution in [2.24, 2.45) is 0 Å². The molecule has 8 nitrogen and oxygen atoms in total. The summed E-state index contributed by atoms with van der Waals surface area (Å²) in [4.78, 5) is 23.1. The third-order valence-electron chi connectivity index (χ3n) is 6.44. The largest absolute Gasteiger partial charge is 0.472 e. The Morgan fingerprint density at radius 1 is 1.24 bits per heavy atom. The first-order chi connectivity index (χ1) is 16.3. The second-order valence-corrected chi connectivity index (χ2v) is 9.97. The molecular weight excluding hydrogens is 466 g/mol. The van der Waals surface area contributed by atoms with Crippen LogP contribution in [-0.2, 0) is 9.47 Å². The summed E-state index contributed by atoms with van der Waals surface area (Å²) in [6, 6.07) is 4.18. The molecule has 1 aliphatic carbocycles. The summed E-state index contributed by atoms with van der Waals surface area (Å²) in [6.45, 7) is 2.67. The molecule has 2 saturated heterocycles. The molecule has 5 rings (SSSR count). The third kappa shape index (κ3) is 4.76. The average Bonchev–Trinajstić information content (AvgIpc) is 3.53. The summed E-state index contributed by atoms with van der Waals surface area (Å²) in [5.41, 5.74) is -0.258. The maximum atomic E-state index is 15.1. The molecule has 1 amide bonds. The number of aromatic nitrogens is 2. The monoisotopic (exact) mass is 492 g/mol. The van der Waals surface area contributed by atoms with E-state index in [4.69, 9.17) is 14.2 Å². The van der Waals surface area contributed by atoms with Crippen LogP contribution in [-0.4, -0.2) is 64.2 Å². The summed E-state index contributed by atoms with van der Waals surface area (Å²) < 4.78 is 46.7. The number of thioether (sulfide) groups is 1. The van der Waals surface area contributed by atoms with Crippen molar-refractivity contribution in [2.75, 3.05) is 24.8 Å². The Balaban J connectivity index is 1.27. The van der Waals surface area contributed by atoms with Crippen LogP contribution in [0, 0.1) is 11.6 Å². The molecule has 0 radical (unpaired) electrons. The number of piperidine rings is 1. The molecule has 2 bridgehead atoms. The molecule has 34 heavy (non-hydrogen) atoms. The highest BCUT2D eigenvalue weighted by Crippen LogP contribution is 2.41. The lowest BCUT2D eigenvalue weighted by atomic mass is 9.92. The van der Waals surface area contributed by atoms with E-state index in [1.807, 2.05) is 13.2 Å². The number of hydrogen-bond donors (Lipinski definition) is 1. The van der Waals surface area contributed by atoms with Crippen LogP contribution >= 0.6 is 11.8 Å². The van der Waals surface area contributed by atoms with E-state index in [2.05, 4.69) is 15.3 Å². The van der Waals surface area contributed by atoms with Gasteiger partial charge in [-0.05, 0) is 44.2 Å². The van der Waals surface area contributed by atoms with Gasteiger partial charge in [0.1, 0.15) is 23.8 Å². The maximum absolute atomic E-state index is 15.1. The van der Waals surface area contributed by atoms with Crippen molar-refractivity contribution in [3.05, 3.63) is 36.2 Å². The Hall–Kier alpha value is -2.66. The highest BCUT2D eigenvalue weighted by molar-refractivity contribution is 7.98. The number of hydrogen-bond acceptors (Lipinski definition) is 8. The fraction of sp³-hybridized carbons (Fsp3) is 0.522. The van der Waals surface area contributed by atoms with Crippen LogP contribution in [0.4, 0.5) is 25.1 Å². The smallest absolute Gasteiger partial charge is 0.410 e. The van der Waals surface area contributed by atoms with Gasteiger partial charge < -0.3 is 19.5 Å². The van der Waals surface area contributed by atoms with Crippen LogP contribution in [0.1, 0.15) is 32.6 Å². The number of nitrogens with zero attached hydrogens (tertiary/aromatic N) is 3. The van der Waals surface area contributed by atoms with Crippen LogP contribution < -0.4 is 10.1 Å². The van der Waals surface area contributed by atoms with Crippen molar-refractivity contribution < 1.29 is 27.8 Å². The van der Waals surface area contributed by atoms with Crippen molar-refractivity contribution in [2.45, 2.75) is 61.3 Å². The van der Waals surface area contributed by atoms with Crippen LogP contribution in [0.25, 0.3) is 0 Å². The molecule has 182 valence electrons. The molecule has 1 aromatic heterocycles. The Bertz CT molecular complexity index is 1070. The minimum Gasteiger partial charge on any atom is -0.472 e. The predicted octanol–water partition coefficient (Wildman–Crippen LogP) is 4.52. The Morgan fingerprint density at radius 3 is 2.62 bits per heavy atom. The number of carbonyl (C=O) groups excluding carboxylic acids is 1. The van der Waals surface area contributed by atoms with Crippen molar-refractivity contribution in [1.82, 2.24) is 14.9 Å². The summed E-state index contributed by atoms with van der Waals surface area (Å²) in [7, 11) is 0. The van der Waals surface area contributed by atoms with Crippen molar-refractivity contribution in [1.29, 1.82) is 0 Å². The van der Waals surface area contributed by atoms with Crippen molar-refractivity contribution in [3.8, 4) is 5.88 Å². The normalized spacial score (nSPS) is 24.9. The van der Waals surface area contributed by atoms with Gasteiger partial charge in [-0.3, -0.25) is 4.90 Å². The number of ether oxygens (including phenoxy) is 3. The molecular formula is C23H26F2N4O4S. The number of morpholine rings is 1. The number of amides is 1. The van der Waals surface area contributed by atoms with Gasteiger partial charge in [0.15, 0.2) is 5.82 Å². The molecule has 1 aromatic carbocycles. The number of nitrogens with one attached hydrogen (secondary N) is 1. The summed E-state index contributed by atoms with van der Waals surface area (Å²) in [6.07, 6.45) is 4.98. The molecule has 3 aliphatic rings. The topological polar surface area (TPSA) is 85.8 Å². The maximum Gasteiger partial charge on any atom is 0.410 e. The van der Waals surface area contributed by atoms with E-state index < -0.39 is 11.6 Å². The molecule has 1 saturated carbocycles. The van der Waals surface area contributed by atoms with Crippen molar-refractivity contribution in [3.63, 3.8) is 0 Å². The highest BCUT2D eigenvalue weighted by atomic mass is 32.2. The number of rotatable bonds is 6. The summed E-state index contributed by atoms with van der Waals surface area (Å²) >= 11 is 1.41. The fourth-order valence-electron chi connectivity index (χ4n) is 4.33. The zero-order chi connectivity index (χ0) is 23.9. The zero-order valence-corrected chi connectivity index (χ0v) is 19.7. The second kappa shape index (κ2) is 9.18. The highest BCUT2D eigenvalue weighted by Gasteiger charge is 2.48. The first kappa shape index (κ1) is 23.1. The van der Waals surface area contributed by atoms with E-state index in [1.165, 1.54) is 30.2 Å². The molecule has 2 atom stereocenters. The lowest BCUT2D eigenvalue weighted by molar-refractivity contribution is -0.0959. The second-order valence-electron chi connectivity index (χ2n) is 9.09. The van der Waals surface area contributed by atoms with Gasteiger partial charge in [-0.2, -0.15) is 9.37 Å². The average molecular weight is 493 g/mol. The van der Waals surface area contributed by atoms with Crippen molar-refractivity contribution >= 4 is 29.4 Å². The van der Waals surface area contributed by atoms with Gasteiger partial charge in [0, 0.05) is 17.7 Å². The fourth-order valence-corrected chi connectivity index (χ4v) is 4.76. The summed E-state index contributed by atoms with van der Waals surface area (Å²) in [5.74, 6) is -1.72. The van der Waals surface area contributed by atoms with E-state index in [9.17, 15) is 9.18 Å². The Labute approximate surface area is 200 Å². The number of benzene rings is 1. The molecule has 2 aromatic rings. The number of halogens is 2. The Morgan fingerprint density at radius 2 is 1.97 bits per heavy atom. The standard InChI is InChI=1S/C23H26F2N4O4S/c1-23(5-6-23)33-22(30)29-13-7-15(8-14(29)11-31-10-13)32-21-19(25)20(26-12-27-21)28-18-4-3-16(34-2)9-17(18)24/h3-4,9,12-15H,5-8,10-11H2,1-2H3,(H,26,27,28). The van der Waals surface area contributed by atoms with E-state index in [1.54, 1.807) is 11.0 Å². The molecule has 2 aliphatic heterocycles. The minimum absolute atomic E-state index is 0.101. The SMILES string of the molecule is CSc1ccc(Nc2ncnc(OC3CC4COCC(C3)N4C(=O)OC3(C)CC3)c2F)c(F)c1. The molecule has 3 fully saturated rings. The van der Waals surface area contributed by atoms with Gasteiger partial charge in [0.2, 0.25) is 5.82 Å². The van der Waals surface area contributed by atoms with Gasteiger partial charge in [0.05, 0.1) is 31.0 Å². The minimum atomic E-state index is -0.805. The van der Waals surface area contributed by atoms with Gasteiger partial charge in [-0.1, -0.05) is 0 Å². The number of carbonyl (C=O) groups is 1. The van der Waals surface area contributed by atoms with Gasteiger partial charge >= 0.3 is 6.09 Å². The van der Waals surface area contributed by atoms with Crippen LogP contribution in [0.2, 0.25) is 0 Å². The summed E-state index contributed by atoms with van der Waals surface area (Å²) in [5, 5.41) is 2.68. The molecule has 1 N–H and O–H groups in total.